The number of carboxylic acid groups (broad SMARTS) is 1. The van der Waals surface area contributed by atoms with Crippen LogP contribution in [0.3, 0.4) is 0 Å². The van der Waals surface area contributed by atoms with Crippen LogP contribution in [0.1, 0.15) is 18.0 Å². The van der Waals surface area contributed by atoms with Crippen LogP contribution in [-0.4, -0.2) is 21.2 Å². The zero-order valence-electron chi connectivity index (χ0n) is 15.5. The number of aromatic nitrogens is 1. The van der Waals surface area contributed by atoms with Crippen LogP contribution in [0.2, 0.25) is 10.0 Å². The van der Waals surface area contributed by atoms with Crippen molar-refractivity contribution < 1.29 is 9.90 Å². The molecule has 1 aromatic heterocycles. The monoisotopic (exact) mass is 477 g/mol. The molecule has 9 heteroatoms. The molecule has 0 bridgehead atoms. The maximum absolute atomic E-state index is 11.3. The standard InChI is InChI=1S/C21H17Cl2N3O2S2/c22-14-6-8-16(9-7-14)30-20-17(5-2-10-24-20)25-21(29)26-18(12-19(27)28)13-3-1-4-15(23)11-13/h1-11,18H,12H2,(H,27,28)(H2,25,26,29). The van der Waals surface area contributed by atoms with E-state index in [0.29, 0.717) is 15.7 Å². The van der Waals surface area contributed by atoms with Gasteiger partial charge in [0.2, 0.25) is 0 Å². The summed E-state index contributed by atoms with van der Waals surface area (Å²) in [7, 11) is 0. The van der Waals surface area contributed by atoms with E-state index in [1.165, 1.54) is 11.8 Å². The predicted molar refractivity (Wildman–Crippen MR) is 126 cm³/mol. The van der Waals surface area contributed by atoms with Gasteiger partial charge in [-0.2, -0.15) is 0 Å². The van der Waals surface area contributed by atoms with Gasteiger partial charge < -0.3 is 15.7 Å². The van der Waals surface area contributed by atoms with Gasteiger partial charge in [-0.15, -0.1) is 0 Å². The van der Waals surface area contributed by atoms with Crippen LogP contribution in [0.15, 0.2) is 76.8 Å². The Kier molecular flexibility index (Phi) is 7.93. The largest absolute Gasteiger partial charge is 0.481 e. The second kappa shape index (κ2) is 10.6. The van der Waals surface area contributed by atoms with Crippen molar-refractivity contribution in [2.75, 3.05) is 5.32 Å². The van der Waals surface area contributed by atoms with Crippen molar-refractivity contribution in [1.82, 2.24) is 10.3 Å². The number of rotatable bonds is 7. The third kappa shape index (κ3) is 6.60. The third-order valence-electron chi connectivity index (χ3n) is 3.98. The zero-order chi connectivity index (χ0) is 21.5. The van der Waals surface area contributed by atoms with E-state index < -0.39 is 12.0 Å². The lowest BCUT2D eigenvalue weighted by atomic mass is 10.0. The molecule has 0 saturated heterocycles. The average molecular weight is 478 g/mol. The molecule has 5 nitrogen and oxygen atoms in total. The number of aliphatic carboxylic acids is 1. The Morgan fingerprint density at radius 3 is 2.57 bits per heavy atom. The summed E-state index contributed by atoms with van der Waals surface area (Å²) < 4.78 is 0. The summed E-state index contributed by atoms with van der Waals surface area (Å²) in [4.78, 5) is 16.7. The van der Waals surface area contributed by atoms with Gasteiger partial charge in [0.15, 0.2) is 5.11 Å². The Hall–Kier alpha value is -2.32. The van der Waals surface area contributed by atoms with E-state index in [2.05, 4.69) is 15.6 Å². The summed E-state index contributed by atoms with van der Waals surface area (Å²) in [5.74, 6) is -0.948. The lowest BCUT2D eigenvalue weighted by Crippen LogP contribution is -2.33. The number of nitrogens with one attached hydrogen (secondary N) is 2. The molecule has 0 saturated carbocycles. The van der Waals surface area contributed by atoms with Crippen LogP contribution in [0.5, 0.6) is 0 Å². The SMILES string of the molecule is O=C(O)CC(NC(=S)Nc1cccnc1Sc1ccc(Cl)cc1)c1cccc(Cl)c1. The van der Waals surface area contributed by atoms with Crippen LogP contribution in [-0.2, 0) is 4.79 Å². The Morgan fingerprint density at radius 2 is 1.87 bits per heavy atom. The van der Waals surface area contributed by atoms with Crippen molar-refractivity contribution in [3.05, 3.63) is 82.5 Å². The summed E-state index contributed by atoms with van der Waals surface area (Å²) in [6, 6.07) is 17.6. The van der Waals surface area contributed by atoms with Gasteiger partial charge in [-0.25, -0.2) is 4.98 Å². The minimum atomic E-state index is -0.948. The summed E-state index contributed by atoms with van der Waals surface area (Å²) in [6.07, 6.45) is 1.54. The second-order valence-corrected chi connectivity index (χ2v) is 8.56. The molecule has 3 N–H and O–H groups in total. The molecule has 0 amide bonds. The molecule has 0 radical (unpaired) electrons. The molecule has 0 aliphatic rings. The summed E-state index contributed by atoms with van der Waals surface area (Å²) in [5.41, 5.74) is 1.44. The van der Waals surface area contributed by atoms with E-state index in [1.54, 1.807) is 36.5 Å². The minimum absolute atomic E-state index is 0.151. The zero-order valence-corrected chi connectivity index (χ0v) is 18.7. The normalized spacial score (nSPS) is 11.5. The highest BCUT2D eigenvalue weighted by molar-refractivity contribution is 7.99. The molecular weight excluding hydrogens is 461 g/mol. The quantitative estimate of drug-likeness (QED) is 0.358. The third-order valence-corrected chi connectivity index (χ3v) is 5.72. The second-order valence-electron chi connectivity index (χ2n) is 6.22. The molecule has 3 aromatic rings. The van der Waals surface area contributed by atoms with Crippen molar-refractivity contribution in [3.8, 4) is 0 Å². The van der Waals surface area contributed by atoms with Crippen LogP contribution >= 0.6 is 47.2 Å². The number of anilines is 1. The van der Waals surface area contributed by atoms with Gasteiger partial charge in [0.25, 0.3) is 0 Å². The Bertz CT molecular complexity index is 1050. The van der Waals surface area contributed by atoms with Gasteiger partial charge in [0, 0.05) is 21.1 Å². The lowest BCUT2D eigenvalue weighted by molar-refractivity contribution is -0.137. The van der Waals surface area contributed by atoms with E-state index in [4.69, 9.17) is 35.4 Å². The van der Waals surface area contributed by atoms with Crippen LogP contribution in [0.4, 0.5) is 5.69 Å². The van der Waals surface area contributed by atoms with Crippen molar-refractivity contribution in [1.29, 1.82) is 0 Å². The van der Waals surface area contributed by atoms with Crippen molar-refractivity contribution in [2.45, 2.75) is 22.4 Å². The molecule has 0 aliphatic carbocycles. The van der Waals surface area contributed by atoms with Gasteiger partial charge >= 0.3 is 5.97 Å². The number of halogens is 2. The number of nitrogens with zero attached hydrogens (tertiary/aromatic N) is 1. The van der Waals surface area contributed by atoms with Gasteiger partial charge in [-0.1, -0.05) is 47.1 Å². The van der Waals surface area contributed by atoms with Crippen molar-refractivity contribution in [2.24, 2.45) is 0 Å². The smallest absolute Gasteiger partial charge is 0.305 e. The number of hydrogen-bond acceptors (Lipinski definition) is 4. The highest BCUT2D eigenvalue weighted by Gasteiger charge is 2.18. The van der Waals surface area contributed by atoms with Crippen LogP contribution < -0.4 is 10.6 Å². The fraction of sp³-hybridized carbons (Fsp3) is 0.0952. The van der Waals surface area contributed by atoms with Gasteiger partial charge in [-0.3, -0.25) is 4.79 Å². The first-order valence-corrected chi connectivity index (χ1v) is 10.8. The van der Waals surface area contributed by atoms with E-state index in [-0.39, 0.29) is 11.5 Å². The predicted octanol–water partition coefficient (Wildman–Crippen LogP) is 6.04. The van der Waals surface area contributed by atoms with Crippen molar-refractivity contribution in [3.63, 3.8) is 0 Å². The molecule has 154 valence electrons. The Labute approximate surface area is 193 Å². The highest BCUT2D eigenvalue weighted by Crippen LogP contribution is 2.32. The summed E-state index contributed by atoms with van der Waals surface area (Å²) >= 11 is 18.9. The Morgan fingerprint density at radius 1 is 1.10 bits per heavy atom. The number of carbonyl (C=O) groups is 1. The number of carboxylic acids is 1. The molecule has 1 heterocycles. The fourth-order valence-corrected chi connectivity index (χ4v) is 4.06. The molecule has 2 aromatic carbocycles. The van der Waals surface area contributed by atoms with Crippen LogP contribution in [0, 0.1) is 0 Å². The minimum Gasteiger partial charge on any atom is -0.481 e. The maximum Gasteiger partial charge on any atom is 0.305 e. The average Bonchev–Trinajstić information content (AvgIpc) is 2.70. The first-order chi connectivity index (χ1) is 14.4. The van der Waals surface area contributed by atoms with E-state index in [0.717, 1.165) is 15.5 Å². The molecule has 30 heavy (non-hydrogen) atoms. The van der Waals surface area contributed by atoms with Gasteiger partial charge in [0.1, 0.15) is 5.03 Å². The topological polar surface area (TPSA) is 74.2 Å². The van der Waals surface area contributed by atoms with Crippen molar-refractivity contribution >= 4 is 64.0 Å². The van der Waals surface area contributed by atoms with E-state index in [9.17, 15) is 9.90 Å². The molecule has 0 spiro atoms. The molecular formula is C21H17Cl2N3O2S2. The number of benzene rings is 2. The molecule has 0 aliphatic heterocycles. The lowest BCUT2D eigenvalue weighted by Gasteiger charge is -2.21. The first kappa shape index (κ1) is 22.4. The van der Waals surface area contributed by atoms with Gasteiger partial charge in [-0.05, 0) is 66.3 Å². The first-order valence-electron chi connectivity index (χ1n) is 8.84. The highest BCUT2D eigenvalue weighted by atomic mass is 35.5. The van der Waals surface area contributed by atoms with Crippen LogP contribution in [0.25, 0.3) is 0 Å². The number of thiocarbonyl (C=S) groups is 1. The van der Waals surface area contributed by atoms with Gasteiger partial charge in [0.05, 0.1) is 18.2 Å². The molecule has 0 fully saturated rings. The van der Waals surface area contributed by atoms with E-state index >= 15 is 0 Å². The maximum atomic E-state index is 11.3. The summed E-state index contributed by atoms with van der Waals surface area (Å²) in [6.45, 7) is 0. The number of hydrogen-bond donors (Lipinski definition) is 3. The van der Waals surface area contributed by atoms with E-state index in [1.807, 2.05) is 30.3 Å². The summed E-state index contributed by atoms with van der Waals surface area (Å²) in [5, 5.41) is 17.7. The fourth-order valence-electron chi connectivity index (χ4n) is 2.65. The molecule has 1 unspecified atom stereocenters. The Balaban J connectivity index is 1.74. The molecule has 1 atom stereocenters. The molecule has 3 rings (SSSR count). The number of pyridine rings is 1.